The highest BCUT2D eigenvalue weighted by atomic mass is 19.1. The standard InChI is InChI=1S/C18H21FN4/c1-5-11(2)20-16-10-12(3)21-18-17(13(4)22-23(16)18)14-6-8-15(19)9-7-14/h6-11,20H,5H2,1-4H3/t11-/m0/s1. The van der Waals surface area contributed by atoms with Crippen molar-refractivity contribution in [2.75, 3.05) is 5.32 Å². The molecule has 3 aromatic rings. The summed E-state index contributed by atoms with van der Waals surface area (Å²) in [5, 5.41) is 8.12. The van der Waals surface area contributed by atoms with Gasteiger partial charge in [-0.15, -0.1) is 0 Å². The van der Waals surface area contributed by atoms with E-state index in [-0.39, 0.29) is 5.82 Å². The third-order valence-corrected chi connectivity index (χ3v) is 4.03. The van der Waals surface area contributed by atoms with Crippen LogP contribution < -0.4 is 5.32 Å². The number of hydrogen-bond acceptors (Lipinski definition) is 3. The van der Waals surface area contributed by atoms with Gasteiger partial charge in [-0.05, 0) is 44.9 Å². The molecule has 5 heteroatoms. The van der Waals surface area contributed by atoms with E-state index in [1.807, 2.05) is 24.4 Å². The fraction of sp³-hybridized carbons (Fsp3) is 0.333. The third-order valence-electron chi connectivity index (χ3n) is 4.03. The molecule has 23 heavy (non-hydrogen) atoms. The predicted octanol–water partition coefficient (Wildman–Crippen LogP) is 4.36. The monoisotopic (exact) mass is 312 g/mol. The van der Waals surface area contributed by atoms with Crippen LogP contribution in [-0.4, -0.2) is 20.6 Å². The van der Waals surface area contributed by atoms with Gasteiger partial charge < -0.3 is 5.32 Å². The summed E-state index contributed by atoms with van der Waals surface area (Å²) in [7, 11) is 0. The lowest BCUT2D eigenvalue weighted by Crippen LogP contribution is -2.16. The maximum atomic E-state index is 13.2. The fourth-order valence-electron chi connectivity index (χ4n) is 2.66. The number of nitrogens with one attached hydrogen (secondary N) is 1. The molecule has 0 spiro atoms. The molecular formula is C18H21FN4. The first kappa shape index (κ1) is 15.5. The minimum atomic E-state index is -0.244. The number of benzene rings is 1. The van der Waals surface area contributed by atoms with Crippen LogP contribution in [0.3, 0.4) is 0 Å². The molecule has 0 unspecified atom stereocenters. The Balaban J connectivity index is 2.20. The Labute approximate surface area is 135 Å². The maximum Gasteiger partial charge on any atom is 0.165 e. The molecule has 2 aromatic heterocycles. The molecular weight excluding hydrogens is 291 g/mol. The highest BCUT2D eigenvalue weighted by molar-refractivity contribution is 5.80. The van der Waals surface area contributed by atoms with E-state index in [4.69, 9.17) is 0 Å². The van der Waals surface area contributed by atoms with Gasteiger partial charge in [-0.2, -0.15) is 9.61 Å². The predicted molar refractivity (Wildman–Crippen MR) is 91.2 cm³/mol. The number of halogens is 1. The number of fused-ring (bicyclic) bond motifs is 1. The molecule has 4 nitrogen and oxygen atoms in total. The van der Waals surface area contributed by atoms with Crippen LogP contribution in [-0.2, 0) is 0 Å². The minimum Gasteiger partial charge on any atom is -0.367 e. The SMILES string of the molecule is CC[C@H](C)Nc1cc(C)nc2c(-c3ccc(F)cc3)c(C)nn12. The fourth-order valence-corrected chi connectivity index (χ4v) is 2.66. The lowest BCUT2D eigenvalue weighted by molar-refractivity contribution is 0.628. The molecule has 0 radical (unpaired) electrons. The Morgan fingerprint density at radius 3 is 2.57 bits per heavy atom. The molecule has 0 aliphatic rings. The molecule has 2 heterocycles. The van der Waals surface area contributed by atoms with Crippen LogP contribution in [0, 0.1) is 19.7 Å². The van der Waals surface area contributed by atoms with Crippen molar-refractivity contribution in [1.82, 2.24) is 14.6 Å². The molecule has 3 rings (SSSR count). The normalized spacial score (nSPS) is 12.6. The molecule has 0 aliphatic carbocycles. The van der Waals surface area contributed by atoms with E-state index >= 15 is 0 Å². The summed E-state index contributed by atoms with van der Waals surface area (Å²) in [6, 6.07) is 8.81. The highest BCUT2D eigenvalue weighted by Gasteiger charge is 2.16. The molecule has 0 amide bonds. The van der Waals surface area contributed by atoms with Crippen LogP contribution in [0.1, 0.15) is 31.7 Å². The van der Waals surface area contributed by atoms with E-state index in [0.29, 0.717) is 6.04 Å². The van der Waals surface area contributed by atoms with Gasteiger partial charge in [0.15, 0.2) is 5.65 Å². The lowest BCUT2D eigenvalue weighted by Gasteiger charge is -2.14. The molecule has 0 saturated heterocycles. The number of anilines is 1. The van der Waals surface area contributed by atoms with Gasteiger partial charge >= 0.3 is 0 Å². The van der Waals surface area contributed by atoms with E-state index in [9.17, 15) is 4.39 Å². The van der Waals surface area contributed by atoms with Crippen LogP contribution in [0.15, 0.2) is 30.3 Å². The second-order valence-corrected chi connectivity index (χ2v) is 5.94. The van der Waals surface area contributed by atoms with Gasteiger partial charge in [-0.1, -0.05) is 19.1 Å². The van der Waals surface area contributed by atoms with Gasteiger partial charge in [0.1, 0.15) is 11.6 Å². The average molecular weight is 312 g/mol. The van der Waals surface area contributed by atoms with E-state index in [0.717, 1.165) is 40.4 Å². The summed E-state index contributed by atoms with van der Waals surface area (Å²) in [6.07, 6.45) is 1.02. The van der Waals surface area contributed by atoms with Gasteiger partial charge in [-0.3, -0.25) is 0 Å². The van der Waals surface area contributed by atoms with Gasteiger partial charge in [0.05, 0.1) is 5.69 Å². The first-order valence-electron chi connectivity index (χ1n) is 7.89. The van der Waals surface area contributed by atoms with Crippen molar-refractivity contribution in [1.29, 1.82) is 0 Å². The van der Waals surface area contributed by atoms with Crippen LogP contribution >= 0.6 is 0 Å². The first-order chi connectivity index (χ1) is 11.0. The van der Waals surface area contributed by atoms with Crippen molar-refractivity contribution in [3.8, 4) is 11.1 Å². The highest BCUT2D eigenvalue weighted by Crippen LogP contribution is 2.29. The number of nitrogens with zero attached hydrogens (tertiary/aromatic N) is 3. The molecule has 1 N–H and O–H groups in total. The average Bonchev–Trinajstić information content (AvgIpc) is 2.84. The number of aryl methyl sites for hydroxylation is 2. The summed E-state index contributed by atoms with van der Waals surface area (Å²) < 4.78 is 15.0. The zero-order chi connectivity index (χ0) is 16.6. The molecule has 0 fully saturated rings. The largest absolute Gasteiger partial charge is 0.367 e. The number of aromatic nitrogens is 3. The van der Waals surface area contributed by atoms with Crippen LogP contribution in [0.25, 0.3) is 16.8 Å². The Morgan fingerprint density at radius 2 is 1.91 bits per heavy atom. The van der Waals surface area contributed by atoms with E-state index in [1.165, 1.54) is 12.1 Å². The number of rotatable bonds is 4. The van der Waals surface area contributed by atoms with Crippen molar-refractivity contribution < 1.29 is 4.39 Å². The summed E-state index contributed by atoms with van der Waals surface area (Å²) in [5.41, 5.74) is 4.46. The quantitative estimate of drug-likeness (QED) is 0.778. The molecule has 120 valence electrons. The van der Waals surface area contributed by atoms with Gasteiger partial charge in [-0.25, -0.2) is 9.37 Å². The molecule has 0 aliphatic heterocycles. The van der Waals surface area contributed by atoms with Crippen molar-refractivity contribution in [2.24, 2.45) is 0 Å². The summed E-state index contributed by atoms with van der Waals surface area (Å²) in [6.45, 7) is 8.20. The number of hydrogen-bond donors (Lipinski definition) is 1. The first-order valence-corrected chi connectivity index (χ1v) is 7.89. The summed E-state index contributed by atoms with van der Waals surface area (Å²) in [4.78, 5) is 4.66. The Kier molecular flexibility index (Phi) is 4.03. The minimum absolute atomic E-state index is 0.244. The summed E-state index contributed by atoms with van der Waals surface area (Å²) in [5.74, 6) is 0.685. The lowest BCUT2D eigenvalue weighted by atomic mass is 10.1. The molecule has 0 saturated carbocycles. The topological polar surface area (TPSA) is 42.2 Å². The Hall–Kier alpha value is -2.43. The van der Waals surface area contributed by atoms with Gasteiger partial charge in [0.25, 0.3) is 0 Å². The van der Waals surface area contributed by atoms with Crippen molar-refractivity contribution in [3.63, 3.8) is 0 Å². The maximum absolute atomic E-state index is 13.2. The van der Waals surface area contributed by atoms with Crippen molar-refractivity contribution in [2.45, 2.75) is 40.2 Å². The van der Waals surface area contributed by atoms with E-state index < -0.39 is 0 Å². The smallest absolute Gasteiger partial charge is 0.165 e. The van der Waals surface area contributed by atoms with Crippen LogP contribution in [0.5, 0.6) is 0 Å². The Bertz CT molecular complexity index is 836. The van der Waals surface area contributed by atoms with Gasteiger partial charge in [0, 0.05) is 23.4 Å². The summed E-state index contributed by atoms with van der Waals surface area (Å²) >= 11 is 0. The van der Waals surface area contributed by atoms with E-state index in [1.54, 1.807) is 12.1 Å². The van der Waals surface area contributed by atoms with Crippen LogP contribution in [0.2, 0.25) is 0 Å². The van der Waals surface area contributed by atoms with Crippen molar-refractivity contribution >= 4 is 11.5 Å². The van der Waals surface area contributed by atoms with E-state index in [2.05, 4.69) is 29.2 Å². The second kappa shape index (κ2) is 5.99. The third kappa shape index (κ3) is 2.91. The second-order valence-electron chi connectivity index (χ2n) is 5.94. The Morgan fingerprint density at radius 1 is 1.22 bits per heavy atom. The van der Waals surface area contributed by atoms with Gasteiger partial charge in [0.2, 0.25) is 0 Å². The van der Waals surface area contributed by atoms with Crippen LogP contribution in [0.4, 0.5) is 10.2 Å². The zero-order valence-electron chi connectivity index (χ0n) is 13.9. The molecule has 0 bridgehead atoms. The zero-order valence-corrected chi connectivity index (χ0v) is 13.9. The van der Waals surface area contributed by atoms with Crippen molar-refractivity contribution in [3.05, 3.63) is 47.5 Å². The molecule has 1 atom stereocenters. The molecule has 1 aromatic carbocycles.